The Balaban J connectivity index is 1.65. The summed E-state index contributed by atoms with van der Waals surface area (Å²) in [7, 11) is 0. The van der Waals surface area contributed by atoms with Crippen molar-refractivity contribution in [2.24, 2.45) is 0 Å². The van der Waals surface area contributed by atoms with E-state index in [4.69, 9.17) is 4.74 Å². The maximum Gasteiger partial charge on any atom is 0.412 e. The van der Waals surface area contributed by atoms with Crippen LogP contribution in [0.1, 0.15) is 32.8 Å². The van der Waals surface area contributed by atoms with Crippen LogP contribution >= 0.6 is 11.8 Å². The minimum atomic E-state index is -0.556. The lowest BCUT2D eigenvalue weighted by Crippen LogP contribution is -2.27. The largest absolute Gasteiger partial charge is 0.444 e. The Morgan fingerprint density at radius 1 is 1.03 bits per heavy atom. The molecule has 156 valence electrons. The van der Waals surface area contributed by atoms with E-state index >= 15 is 0 Å². The van der Waals surface area contributed by atoms with E-state index in [0.29, 0.717) is 12.2 Å². The quantitative estimate of drug-likeness (QED) is 0.467. The van der Waals surface area contributed by atoms with E-state index < -0.39 is 11.7 Å². The number of benzene rings is 2. The second kappa shape index (κ2) is 10.9. The number of carbonyl (C=O) groups is 2. The highest BCUT2D eigenvalue weighted by molar-refractivity contribution is 7.99. The van der Waals surface area contributed by atoms with Gasteiger partial charge >= 0.3 is 6.09 Å². The Morgan fingerprint density at radius 3 is 2.31 bits per heavy atom. The first-order valence-corrected chi connectivity index (χ1v) is 10.4. The highest BCUT2D eigenvalue weighted by Gasteiger charge is 2.16. The molecule has 5 nitrogen and oxygen atoms in total. The number of amides is 2. The lowest BCUT2D eigenvalue weighted by molar-refractivity contribution is -0.120. The topological polar surface area (TPSA) is 67.4 Å². The number of ether oxygens (including phenoxy) is 1. The molecule has 0 aliphatic rings. The summed E-state index contributed by atoms with van der Waals surface area (Å²) < 4.78 is 18.1. The van der Waals surface area contributed by atoms with Gasteiger partial charge in [-0.25, -0.2) is 9.18 Å². The number of anilines is 1. The molecule has 0 saturated carbocycles. The Hall–Kier alpha value is -2.54. The number of rotatable bonds is 8. The molecule has 0 fully saturated rings. The third kappa shape index (κ3) is 9.47. The molecular formula is C22H27FN2O3S. The van der Waals surface area contributed by atoms with Gasteiger partial charge in [-0.3, -0.25) is 10.1 Å². The smallest absolute Gasteiger partial charge is 0.412 e. The first-order valence-electron chi connectivity index (χ1n) is 9.45. The van der Waals surface area contributed by atoms with Crippen molar-refractivity contribution < 1.29 is 18.7 Å². The van der Waals surface area contributed by atoms with Gasteiger partial charge in [0.05, 0.1) is 6.42 Å². The van der Waals surface area contributed by atoms with E-state index in [1.807, 2.05) is 0 Å². The summed E-state index contributed by atoms with van der Waals surface area (Å²) in [4.78, 5) is 24.8. The maximum absolute atomic E-state index is 12.9. The zero-order chi connectivity index (χ0) is 21.3. The van der Waals surface area contributed by atoms with Crippen LogP contribution < -0.4 is 10.6 Å². The van der Waals surface area contributed by atoms with Crippen LogP contribution in [0.5, 0.6) is 0 Å². The van der Waals surface area contributed by atoms with Crippen LogP contribution in [0, 0.1) is 5.82 Å². The van der Waals surface area contributed by atoms with Gasteiger partial charge in [0, 0.05) is 17.1 Å². The van der Waals surface area contributed by atoms with Gasteiger partial charge in [-0.05, 0) is 74.9 Å². The van der Waals surface area contributed by atoms with Crippen LogP contribution in [0.4, 0.5) is 14.9 Å². The zero-order valence-electron chi connectivity index (χ0n) is 17.0. The fourth-order valence-electron chi connectivity index (χ4n) is 2.40. The molecule has 0 aliphatic heterocycles. The van der Waals surface area contributed by atoms with Crippen molar-refractivity contribution in [2.75, 3.05) is 17.6 Å². The number of thioether (sulfide) groups is 1. The third-order valence-electron chi connectivity index (χ3n) is 3.69. The van der Waals surface area contributed by atoms with Gasteiger partial charge in [0.25, 0.3) is 0 Å². The van der Waals surface area contributed by atoms with Crippen molar-refractivity contribution in [3.8, 4) is 0 Å². The number of nitrogens with one attached hydrogen (secondary N) is 2. The highest BCUT2D eigenvalue weighted by Crippen LogP contribution is 2.18. The molecule has 0 aromatic heterocycles. The van der Waals surface area contributed by atoms with Crippen molar-refractivity contribution in [1.82, 2.24) is 5.32 Å². The molecule has 0 bridgehead atoms. The highest BCUT2D eigenvalue weighted by atomic mass is 32.2. The van der Waals surface area contributed by atoms with E-state index in [9.17, 15) is 14.0 Å². The first kappa shape index (κ1) is 22.7. The van der Waals surface area contributed by atoms with Crippen molar-refractivity contribution in [3.05, 3.63) is 59.9 Å². The minimum Gasteiger partial charge on any atom is -0.444 e. The van der Waals surface area contributed by atoms with Gasteiger partial charge in [0.15, 0.2) is 0 Å². The second-order valence-corrected chi connectivity index (χ2v) is 8.67. The average Bonchev–Trinajstić information content (AvgIpc) is 2.63. The van der Waals surface area contributed by atoms with Crippen LogP contribution in [0.15, 0.2) is 53.4 Å². The fraction of sp³-hybridized carbons (Fsp3) is 0.364. The molecule has 2 aromatic carbocycles. The van der Waals surface area contributed by atoms with E-state index in [2.05, 4.69) is 10.6 Å². The van der Waals surface area contributed by atoms with E-state index in [1.165, 1.54) is 12.1 Å². The molecule has 7 heteroatoms. The lowest BCUT2D eigenvalue weighted by atomic mass is 10.1. The van der Waals surface area contributed by atoms with Gasteiger partial charge in [0.2, 0.25) is 5.91 Å². The van der Waals surface area contributed by atoms with E-state index in [1.54, 1.807) is 68.9 Å². The molecule has 2 aromatic rings. The van der Waals surface area contributed by atoms with Gasteiger partial charge in [-0.2, -0.15) is 0 Å². The number of halogens is 1. The summed E-state index contributed by atoms with van der Waals surface area (Å²) in [5.74, 6) is 0.552. The van der Waals surface area contributed by atoms with Crippen molar-refractivity contribution in [1.29, 1.82) is 0 Å². The molecule has 2 N–H and O–H groups in total. The van der Waals surface area contributed by atoms with Crippen molar-refractivity contribution in [2.45, 2.75) is 44.1 Å². The summed E-state index contributed by atoms with van der Waals surface area (Å²) in [6.07, 6.45) is 0.589. The SMILES string of the molecule is CC(C)(C)OC(=O)Nc1ccc(CC(=O)NCCCSc2ccc(F)cc2)cc1. The van der Waals surface area contributed by atoms with Crippen molar-refractivity contribution in [3.63, 3.8) is 0 Å². The fourth-order valence-corrected chi connectivity index (χ4v) is 3.25. The Bertz CT molecular complexity index is 802. The predicted molar refractivity (Wildman–Crippen MR) is 115 cm³/mol. The maximum atomic E-state index is 12.9. The summed E-state index contributed by atoms with van der Waals surface area (Å²) in [6.45, 7) is 5.99. The number of carbonyl (C=O) groups excluding carboxylic acids is 2. The Kier molecular flexibility index (Phi) is 8.51. The zero-order valence-corrected chi connectivity index (χ0v) is 17.8. The molecule has 29 heavy (non-hydrogen) atoms. The number of hydrogen-bond acceptors (Lipinski definition) is 4. The average molecular weight is 419 g/mol. The third-order valence-corrected chi connectivity index (χ3v) is 4.79. The van der Waals surface area contributed by atoms with Gasteiger partial charge in [-0.1, -0.05) is 12.1 Å². The summed E-state index contributed by atoms with van der Waals surface area (Å²) >= 11 is 1.63. The monoisotopic (exact) mass is 418 g/mol. The number of hydrogen-bond donors (Lipinski definition) is 2. The molecule has 0 unspecified atom stereocenters. The molecule has 2 rings (SSSR count). The standard InChI is InChI=1S/C22H27FN2O3S/c1-22(2,3)28-21(27)25-18-9-5-16(6-10-18)15-20(26)24-13-4-14-29-19-11-7-17(23)8-12-19/h5-12H,4,13-15H2,1-3H3,(H,24,26)(H,25,27). The summed E-state index contributed by atoms with van der Waals surface area (Å²) in [5.41, 5.74) is 0.916. The van der Waals surface area contributed by atoms with E-state index in [0.717, 1.165) is 22.6 Å². The van der Waals surface area contributed by atoms with Gasteiger partial charge < -0.3 is 10.1 Å². The molecule has 0 radical (unpaired) electrons. The lowest BCUT2D eigenvalue weighted by Gasteiger charge is -2.19. The van der Waals surface area contributed by atoms with Crippen LogP contribution in [0.3, 0.4) is 0 Å². The minimum absolute atomic E-state index is 0.0513. The second-order valence-electron chi connectivity index (χ2n) is 7.51. The van der Waals surface area contributed by atoms with Crippen molar-refractivity contribution >= 4 is 29.4 Å². The molecular weight excluding hydrogens is 391 g/mol. The Morgan fingerprint density at radius 2 is 1.69 bits per heavy atom. The first-order chi connectivity index (χ1) is 13.7. The molecule has 0 aliphatic carbocycles. The van der Waals surface area contributed by atoms with Crippen LogP contribution in [0.25, 0.3) is 0 Å². The van der Waals surface area contributed by atoms with Gasteiger partial charge in [-0.15, -0.1) is 11.8 Å². The van der Waals surface area contributed by atoms with Crippen LogP contribution in [0.2, 0.25) is 0 Å². The van der Waals surface area contributed by atoms with Crippen LogP contribution in [-0.4, -0.2) is 29.9 Å². The molecule has 0 atom stereocenters. The molecule has 0 saturated heterocycles. The molecule has 2 amide bonds. The summed E-state index contributed by atoms with van der Waals surface area (Å²) in [5, 5.41) is 5.56. The predicted octanol–water partition coefficient (Wildman–Crippen LogP) is 5.01. The molecule has 0 heterocycles. The summed E-state index contributed by atoms with van der Waals surface area (Å²) in [6, 6.07) is 13.5. The van der Waals surface area contributed by atoms with E-state index in [-0.39, 0.29) is 18.1 Å². The normalized spacial score (nSPS) is 11.0. The van der Waals surface area contributed by atoms with Gasteiger partial charge in [0.1, 0.15) is 11.4 Å². The molecule has 0 spiro atoms. The van der Waals surface area contributed by atoms with Crippen LogP contribution in [-0.2, 0) is 16.0 Å². The Labute approximate surface area is 175 Å².